The third kappa shape index (κ3) is 6.45. The van der Waals surface area contributed by atoms with Crippen molar-refractivity contribution in [1.29, 1.82) is 0 Å². The summed E-state index contributed by atoms with van der Waals surface area (Å²) in [6.45, 7) is 8.24. The zero-order valence-corrected chi connectivity index (χ0v) is 18.4. The molecule has 1 fully saturated rings. The summed E-state index contributed by atoms with van der Waals surface area (Å²) < 4.78 is 5.14. The maximum Gasteiger partial charge on any atom is 0.227 e. The summed E-state index contributed by atoms with van der Waals surface area (Å²) in [7, 11) is 0. The monoisotopic (exact) mass is 432 g/mol. The Kier molecular flexibility index (Phi) is 8.07. The van der Waals surface area contributed by atoms with Crippen LogP contribution in [0.25, 0.3) is 0 Å². The van der Waals surface area contributed by atoms with Crippen LogP contribution >= 0.6 is 11.6 Å². The highest BCUT2D eigenvalue weighted by Crippen LogP contribution is 2.13. The average molecular weight is 433 g/mol. The van der Waals surface area contributed by atoms with E-state index in [2.05, 4.69) is 27.3 Å². The second-order valence-corrected chi connectivity index (χ2v) is 7.69. The molecule has 1 amide bonds. The van der Waals surface area contributed by atoms with Gasteiger partial charge in [0.15, 0.2) is 11.8 Å². The van der Waals surface area contributed by atoms with Crippen LogP contribution in [0.5, 0.6) is 0 Å². The second-order valence-electron chi connectivity index (χ2n) is 7.25. The van der Waals surface area contributed by atoms with Crippen molar-refractivity contribution in [2.45, 2.75) is 33.1 Å². The van der Waals surface area contributed by atoms with Crippen LogP contribution in [0.15, 0.2) is 33.8 Å². The van der Waals surface area contributed by atoms with E-state index in [0.717, 1.165) is 44.0 Å². The van der Waals surface area contributed by atoms with Crippen LogP contribution < -0.4 is 5.32 Å². The molecule has 1 aliphatic heterocycles. The van der Waals surface area contributed by atoms with Gasteiger partial charge in [-0.2, -0.15) is 4.98 Å². The minimum Gasteiger partial charge on any atom is -0.357 e. The molecule has 0 radical (unpaired) electrons. The smallest absolute Gasteiger partial charge is 0.227 e. The Bertz CT molecular complexity index is 861. The predicted octanol–water partition coefficient (Wildman–Crippen LogP) is 2.32. The van der Waals surface area contributed by atoms with Gasteiger partial charge in [-0.25, -0.2) is 0 Å². The number of aliphatic imine (C=N–C) groups is 1. The molecule has 0 saturated carbocycles. The van der Waals surface area contributed by atoms with Crippen molar-refractivity contribution in [3.05, 3.63) is 46.6 Å². The number of amides is 1. The molecular formula is C21H29ClN6O2. The molecule has 162 valence electrons. The first kappa shape index (κ1) is 22.1. The van der Waals surface area contributed by atoms with Crippen molar-refractivity contribution < 1.29 is 9.32 Å². The highest BCUT2D eigenvalue weighted by atomic mass is 35.5. The molecule has 8 nitrogen and oxygen atoms in total. The van der Waals surface area contributed by atoms with Crippen molar-refractivity contribution >= 4 is 23.5 Å². The molecule has 2 heterocycles. The summed E-state index contributed by atoms with van der Waals surface area (Å²) in [6, 6.07) is 7.48. The number of carbonyl (C=O) groups excluding carboxylic acids is 1. The number of rotatable bonds is 7. The number of nitrogens with one attached hydrogen (secondary N) is 1. The SMILES string of the molecule is CCNC(=NCCCc1nc(C)no1)N1CCN(C(=O)Cc2cccc(Cl)c2)CC1. The van der Waals surface area contributed by atoms with Crippen LogP contribution in [-0.2, 0) is 17.6 Å². The first-order valence-electron chi connectivity index (χ1n) is 10.4. The van der Waals surface area contributed by atoms with Gasteiger partial charge < -0.3 is 19.6 Å². The highest BCUT2D eigenvalue weighted by molar-refractivity contribution is 6.30. The topological polar surface area (TPSA) is 86.9 Å². The Morgan fingerprint density at radius 1 is 1.27 bits per heavy atom. The zero-order chi connectivity index (χ0) is 21.3. The number of halogens is 1. The lowest BCUT2D eigenvalue weighted by Crippen LogP contribution is -2.54. The molecule has 1 aliphatic rings. The lowest BCUT2D eigenvalue weighted by Gasteiger charge is -2.36. The Morgan fingerprint density at radius 3 is 2.70 bits per heavy atom. The third-order valence-corrected chi connectivity index (χ3v) is 5.13. The Balaban J connectivity index is 1.47. The lowest BCUT2D eigenvalue weighted by molar-refractivity contribution is -0.131. The molecule has 2 aromatic rings. The first-order chi connectivity index (χ1) is 14.5. The molecule has 0 spiro atoms. The Hall–Kier alpha value is -2.61. The van der Waals surface area contributed by atoms with Crippen LogP contribution in [0.1, 0.15) is 30.6 Å². The maximum atomic E-state index is 12.6. The largest absolute Gasteiger partial charge is 0.357 e. The Labute approximate surface area is 182 Å². The number of nitrogens with zero attached hydrogens (tertiary/aromatic N) is 5. The number of benzene rings is 1. The molecule has 0 atom stereocenters. The van der Waals surface area contributed by atoms with Gasteiger partial charge in [-0.05, 0) is 38.0 Å². The van der Waals surface area contributed by atoms with Gasteiger partial charge in [0, 0.05) is 50.7 Å². The van der Waals surface area contributed by atoms with E-state index >= 15 is 0 Å². The van der Waals surface area contributed by atoms with Gasteiger partial charge in [0.25, 0.3) is 0 Å². The van der Waals surface area contributed by atoms with E-state index in [4.69, 9.17) is 21.1 Å². The minimum absolute atomic E-state index is 0.133. The van der Waals surface area contributed by atoms with Gasteiger partial charge in [0.2, 0.25) is 11.8 Å². The summed E-state index contributed by atoms with van der Waals surface area (Å²) in [5.74, 6) is 2.33. The highest BCUT2D eigenvalue weighted by Gasteiger charge is 2.23. The molecular weight excluding hydrogens is 404 g/mol. The van der Waals surface area contributed by atoms with E-state index in [1.165, 1.54) is 0 Å². The van der Waals surface area contributed by atoms with Gasteiger partial charge in [-0.15, -0.1) is 0 Å². The third-order valence-electron chi connectivity index (χ3n) is 4.89. The fourth-order valence-corrected chi connectivity index (χ4v) is 3.60. The van der Waals surface area contributed by atoms with Crippen LogP contribution in [0, 0.1) is 6.92 Å². The minimum atomic E-state index is 0.133. The Morgan fingerprint density at radius 2 is 2.03 bits per heavy atom. The number of piperazine rings is 1. The first-order valence-corrected chi connectivity index (χ1v) is 10.8. The number of aryl methyl sites for hydroxylation is 2. The number of carbonyl (C=O) groups is 1. The lowest BCUT2D eigenvalue weighted by atomic mass is 10.1. The molecule has 0 aliphatic carbocycles. The van der Waals surface area contributed by atoms with Gasteiger partial charge in [-0.1, -0.05) is 28.9 Å². The van der Waals surface area contributed by atoms with Crippen LogP contribution in [0.4, 0.5) is 0 Å². The van der Waals surface area contributed by atoms with Crippen molar-refractivity contribution in [1.82, 2.24) is 25.3 Å². The van der Waals surface area contributed by atoms with Crippen molar-refractivity contribution in [2.75, 3.05) is 39.3 Å². The van der Waals surface area contributed by atoms with Crippen LogP contribution in [0.2, 0.25) is 5.02 Å². The fraction of sp³-hybridized carbons (Fsp3) is 0.524. The van der Waals surface area contributed by atoms with Gasteiger partial charge in [-0.3, -0.25) is 9.79 Å². The van der Waals surface area contributed by atoms with Crippen molar-refractivity contribution in [2.24, 2.45) is 4.99 Å². The van der Waals surface area contributed by atoms with E-state index in [1.807, 2.05) is 36.1 Å². The maximum absolute atomic E-state index is 12.6. The molecule has 3 rings (SSSR count). The van der Waals surface area contributed by atoms with Crippen molar-refractivity contribution in [3.8, 4) is 0 Å². The molecule has 1 N–H and O–H groups in total. The zero-order valence-electron chi connectivity index (χ0n) is 17.6. The van der Waals surface area contributed by atoms with E-state index in [0.29, 0.717) is 42.8 Å². The summed E-state index contributed by atoms with van der Waals surface area (Å²) in [4.78, 5) is 25.7. The molecule has 1 aromatic carbocycles. The predicted molar refractivity (Wildman–Crippen MR) is 117 cm³/mol. The molecule has 1 saturated heterocycles. The quantitative estimate of drug-likeness (QED) is 0.410. The summed E-state index contributed by atoms with van der Waals surface area (Å²) in [5, 5.41) is 7.81. The molecule has 1 aromatic heterocycles. The van der Waals surface area contributed by atoms with E-state index < -0.39 is 0 Å². The van der Waals surface area contributed by atoms with Crippen LogP contribution in [-0.4, -0.2) is 71.1 Å². The molecule has 9 heteroatoms. The number of hydrogen-bond acceptors (Lipinski definition) is 5. The number of guanidine groups is 1. The summed E-state index contributed by atoms with van der Waals surface area (Å²) >= 11 is 6.02. The van der Waals surface area contributed by atoms with E-state index in [-0.39, 0.29) is 5.91 Å². The van der Waals surface area contributed by atoms with Crippen molar-refractivity contribution in [3.63, 3.8) is 0 Å². The fourth-order valence-electron chi connectivity index (χ4n) is 3.38. The van der Waals surface area contributed by atoms with Crippen LogP contribution in [0.3, 0.4) is 0 Å². The van der Waals surface area contributed by atoms with Gasteiger partial charge in [0.05, 0.1) is 6.42 Å². The van der Waals surface area contributed by atoms with Gasteiger partial charge >= 0.3 is 0 Å². The number of hydrogen-bond donors (Lipinski definition) is 1. The second kappa shape index (κ2) is 11.0. The average Bonchev–Trinajstić information content (AvgIpc) is 3.15. The van der Waals surface area contributed by atoms with E-state index in [9.17, 15) is 4.79 Å². The molecule has 0 unspecified atom stereocenters. The summed E-state index contributed by atoms with van der Waals surface area (Å²) in [6.07, 6.45) is 1.94. The molecule has 30 heavy (non-hydrogen) atoms. The standard InChI is InChI=1S/C21H29ClN6O2/c1-3-23-21(24-9-5-8-19-25-16(2)26-30-19)28-12-10-27(11-13-28)20(29)15-17-6-4-7-18(22)14-17/h4,6-7,14H,3,5,8-13,15H2,1-2H3,(H,23,24). The number of aromatic nitrogens is 2. The molecule has 0 bridgehead atoms. The summed E-state index contributed by atoms with van der Waals surface area (Å²) in [5.41, 5.74) is 0.946. The van der Waals surface area contributed by atoms with Gasteiger partial charge in [0.1, 0.15) is 0 Å². The van der Waals surface area contributed by atoms with E-state index in [1.54, 1.807) is 0 Å². The normalized spacial score (nSPS) is 14.8.